The molecule has 2 rings (SSSR count). The predicted octanol–water partition coefficient (Wildman–Crippen LogP) is 4.26. The number of hydrogen-bond acceptors (Lipinski definition) is 6. The summed E-state index contributed by atoms with van der Waals surface area (Å²) in [5.74, 6) is 0.812. The Kier molecular flexibility index (Phi) is 8.56. The quantitative estimate of drug-likeness (QED) is 0.544. The zero-order valence-electron chi connectivity index (χ0n) is 18.5. The molecule has 0 saturated carbocycles. The van der Waals surface area contributed by atoms with Crippen molar-refractivity contribution in [1.29, 1.82) is 0 Å². The van der Waals surface area contributed by atoms with Crippen LogP contribution in [0.15, 0.2) is 42.5 Å². The van der Waals surface area contributed by atoms with Gasteiger partial charge in [-0.3, -0.25) is 0 Å². The van der Waals surface area contributed by atoms with E-state index in [0.717, 1.165) is 0 Å². The van der Waals surface area contributed by atoms with E-state index in [9.17, 15) is 13.2 Å². The Morgan fingerprint density at radius 2 is 1.77 bits per heavy atom. The van der Waals surface area contributed by atoms with Crippen molar-refractivity contribution >= 4 is 21.8 Å². The van der Waals surface area contributed by atoms with E-state index < -0.39 is 10.1 Å². The lowest BCUT2D eigenvalue weighted by atomic mass is 10.1. The lowest BCUT2D eigenvalue weighted by Gasteiger charge is -2.27. The molecular weight excluding hydrogens is 420 g/mol. The van der Waals surface area contributed by atoms with Crippen LogP contribution in [0.3, 0.4) is 0 Å². The number of ether oxygens (including phenoxy) is 2. The Hall–Kier alpha value is -2.94. The first-order valence-corrected chi connectivity index (χ1v) is 11.7. The average molecular weight is 451 g/mol. The summed E-state index contributed by atoms with van der Waals surface area (Å²) in [6.45, 7) is 7.90. The molecule has 0 heterocycles. The van der Waals surface area contributed by atoms with Gasteiger partial charge in [0.25, 0.3) is 0 Å². The Morgan fingerprint density at radius 1 is 1.06 bits per heavy atom. The third-order valence-electron chi connectivity index (χ3n) is 4.46. The van der Waals surface area contributed by atoms with Crippen LogP contribution in [0.25, 0.3) is 0 Å². The van der Waals surface area contributed by atoms with Gasteiger partial charge < -0.3 is 23.9 Å². The summed E-state index contributed by atoms with van der Waals surface area (Å²) in [7, 11) is -2.29. The maximum Gasteiger partial charge on any atom is 0.322 e. The summed E-state index contributed by atoms with van der Waals surface area (Å²) in [4.78, 5) is 14.6. The molecule has 0 radical (unpaired) electrons. The molecule has 2 amide bonds. The molecule has 170 valence electrons. The van der Waals surface area contributed by atoms with E-state index in [1.54, 1.807) is 35.2 Å². The molecule has 0 spiro atoms. The minimum Gasteiger partial charge on any atom is -0.493 e. The fraction of sp³-hybridized carbons (Fsp3) is 0.409. The molecule has 2 aromatic carbocycles. The number of carbonyl (C=O) groups excluding carboxylic acids is 1. The van der Waals surface area contributed by atoms with Crippen LogP contribution in [-0.4, -0.2) is 44.9 Å². The normalized spacial score (nSPS) is 11.2. The second-order valence-corrected chi connectivity index (χ2v) is 8.86. The standard InChI is InChI=1S/C22H30N2O6S/c1-6-29-19-11-9-8-10-18(19)23-22(25)24(16(3)4)15-17-12-13-20(28-5)21(14-17)30-31(26,27)7-2/h8-14,16H,6-7,15H2,1-5H3,(H,23,25). The molecule has 0 aliphatic carbocycles. The first-order valence-electron chi connectivity index (χ1n) is 10.1. The van der Waals surface area contributed by atoms with Crippen molar-refractivity contribution in [2.75, 3.05) is 24.8 Å². The molecule has 0 aromatic heterocycles. The number of rotatable bonds is 10. The summed E-state index contributed by atoms with van der Waals surface area (Å²) < 4.78 is 39.8. The highest BCUT2D eigenvalue weighted by Crippen LogP contribution is 2.30. The highest BCUT2D eigenvalue weighted by molar-refractivity contribution is 7.87. The highest BCUT2D eigenvalue weighted by atomic mass is 32.2. The molecule has 0 atom stereocenters. The minimum atomic E-state index is -3.72. The van der Waals surface area contributed by atoms with Crippen molar-refractivity contribution in [1.82, 2.24) is 4.90 Å². The summed E-state index contributed by atoms with van der Waals surface area (Å²) in [6.07, 6.45) is 0. The van der Waals surface area contributed by atoms with Gasteiger partial charge in [-0.1, -0.05) is 18.2 Å². The predicted molar refractivity (Wildman–Crippen MR) is 120 cm³/mol. The van der Waals surface area contributed by atoms with Gasteiger partial charge in [0.05, 0.1) is 25.2 Å². The smallest absolute Gasteiger partial charge is 0.322 e. The topological polar surface area (TPSA) is 94.2 Å². The molecule has 0 unspecified atom stereocenters. The largest absolute Gasteiger partial charge is 0.493 e. The van der Waals surface area contributed by atoms with Crippen molar-refractivity contribution in [3.05, 3.63) is 48.0 Å². The van der Waals surface area contributed by atoms with E-state index in [-0.39, 0.29) is 30.1 Å². The fourth-order valence-electron chi connectivity index (χ4n) is 2.80. The number of urea groups is 1. The van der Waals surface area contributed by atoms with E-state index in [2.05, 4.69) is 5.32 Å². The molecule has 31 heavy (non-hydrogen) atoms. The average Bonchev–Trinajstić information content (AvgIpc) is 2.73. The van der Waals surface area contributed by atoms with E-state index in [0.29, 0.717) is 29.4 Å². The van der Waals surface area contributed by atoms with Crippen molar-refractivity contribution in [3.63, 3.8) is 0 Å². The summed E-state index contributed by atoms with van der Waals surface area (Å²) >= 11 is 0. The van der Waals surface area contributed by atoms with E-state index in [1.165, 1.54) is 14.0 Å². The Balaban J connectivity index is 2.26. The molecular formula is C22H30N2O6S. The van der Waals surface area contributed by atoms with Crippen LogP contribution < -0.4 is 19.0 Å². The number of hydrogen-bond donors (Lipinski definition) is 1. The van der Waals surface area contributed by atoms with Gasteiger partial charge in [-0.25, -0.2) is 4.79 Å². The zero-order chi connectivity index (χ0) is 23.0. The highest BCUT2D eigenvalue weighted by Gasteiger charge is 2.21. The molecule has 0 aliphatic heterocycles. The van der Waals surface area contributed by atoms with Crippen LogP contribution in [0.1, 0.15) is 33.3 Å². The van der Waals surface area contributed by atoms with Crippen LogP contribution in [0.5, 0.6) is 17.2 Å². The number of para-hydroxylation sites is 2. The van der Waals surface area contributed by atoms with Crippen molar-refractivity contribution in [3.8, 4) is 17.2 Å². The van der Waals surface area contributed by atoms with Crippen molar-refractivity contribution in [2.24, 2.45) is 0 Å². The molecule has 8 nitrogen and oxygen atoms in total. The number of nitrogens with one attached hydrogen (secondary N) is 1. The number of methoxy groups -OCH3 is 1. The summed E-state index contributed by atoms with van der Waals surface area (Å²) in [6, 6.07) is 11.8. The van der Waals surface area contributed by atoms with Gasteiger partial charge in [0.2, 0.25) is 0 Å². The lowest BCUT2D eigenvalue weighted by Crippen LogP contribution is -2.39. The monoisotopic (exact) mass is 450 g/mol. The zero-order valence-corrected chi connectivity index (χ0v) is 19.4. The number of amides is 2. The maximum absolute atomic E-state index is 13.0. The van der Waals surface area contributed by atoms with E-state index >= 15 is 0 Å². The molecule has 0 bridgehead atoms. The molecule has 2 aromatic rings. The van der Waals surface area contributed by atoms with E-state index in [4.69, 9.17) is 13.7 Å². The minimum absolute atomic E-state index is 0.0904. The maximum atomic E-state index is 13.0. The Labute approximate surface area is 184 Å². The fourth-order valence-corrected chi connectivity index (χ4v) is 3.33. The van der Waals surface area contributed by atoms with Crippen molar-refractivity contribution < 1.29 is 26.9 Å². The van der Waals surface area contributed by atoms with Gasteiger partial charge in [0, 0.05) is 12.6 Å². The molecule has 1 N–H and O–H groups in total. The van der Waals surface area contributed by atoms with Crippen LogP contribution in [-0.2, 0) is 16.7 Å². The molecule has 9 heteroatoms. The van der Waals surface area contributed by atoms with Crippen LogP contribution in [0.2, 0.25) is 0 Å². The molecule has 0 fully saturated rings. The van der Waals surface area contributed by atoms with Gasteiger partial charge in [0.1, 0.15) is 5.75 Å². The third kappa shape index (κ3) is 6.78. The third-order valence-corrected chi connectivity index (χ3v) is 5.60. The first kappa shape index (κ1) is 24.3. The van der Waals surface area contributed by atoms with Crippen LogP contribution >= 0.6 is 0 Å². The van der Waals surface area contributed by atoms with Gasteiger partial charge in [-0.05, 0) is 57.5 Å². The molecule has 0 saturated heterocycles. The molecule has 0 aliphatic rings. The van der Waals surface area contributed by atoms with Gasteiger partial charge in [-0.2, -0.15) is 8.42 Å². The number of carbonyl (C=O) groups is 1. The van der Waals surface area contributed by atoms with Gasteiger partial charge >= 0.3 is 16.1 Å². The van der Waals surface area contributed by atoms with Crippen molar-refractivity contribution in [2.45, 2.75) is 40.3 Å². The number of nitrogens with zero attached hydrogens (tertiary/aromatic N) is 1. The Morgan fingerprint density at radius 3 is 2.39 bits per heavy atom. The SMILES string of the molecule is CCOc1ccccc1NC(=O)N(Cc1ccc(OC)c(OS(=O)(=O)CC)c1)C(C)C. The van der Waals surface area contributed by atoms with Gasteiger partial charge in [-0.15, -0.1) is 0 Å². The van der Waals surface area contributed by atoms with E-state index in [1.807, 2.05) is 32.9 Å². The number of benzene rings is 2. The first-order chi connectivity index (χ1) is 14.7. The number of anilines is 1. The lowest BCUT2D eigenvalue weighted by molar-refractivity contribution is 0.193. The van der Waals surface area contributed by atoms with Crippen LogP contribution in [0.4, 0.5) is 10.5 Å². The second kappa shape index (κ2) is 10.9. The Bertz CT molecular complexity index is 991. The van der Waals surface area contributed by atoms with Gasteiger partial charge in [0.15, 0.2) is 11.5 Å². The van der Waals surface area contributed by atoms with Crippen LogP contribution in [0, 0.1) is 0 Å². The summed E-state index contributed by atoms with van der Waals surface area (Å²) in [5, 5.41) is 2.89. The second-order valence-electron chi connectivity index (χ2n) is 7.00. The summed E-state index contributed by atoms with van der Waals surface area (Å²) in [5.41, 5.74) is 1.27.